The number of furan rings is 2. The van der Waals surface area contributed by atoms with Crippen LogP contribution in [0.4, 0.5) is 0 Å². The molecule has 5 heterocycles. The molecule has 10 nitrogen and oxygen atoms in total. The Hall–Kier alpha value is -14.6. The Morgan fingerprint density at radius 2 is 0.525 bits per heavy atom. The third-order valence-electron chi connectivity index (χ3n) is 24.7. The van der Waals surface area contributed by atoms with E-state index in [9.17, 15) is 0 Å². The fourth-order valence-electron chi connectivity index (χ4n) is 18.1. The molecule has 4 aromatic heterocycles. The molecular weight excluding hydrogens is 1520 g/mol. The van der Waals surface area contributed by atoms with Crippen molar-refractivity contribution in [3.63, 3.8) is 0 Å². The molecule has 0 saturated carbocycles. The van der Waals surface area contributed by atoms with Crippen LogP contribution in [0.2, 0.25) is 5.02 Å². The highest BCUT2D eigenvalue weighted by Gasteiger charge is 2.53. The lowest BCUT2D eigenvalue weighted by molar-refractivity contribution is 0.00578. The molecule has 20 aromatic rings. The predicted molar refractivity (Wildman–Crippen MR) is 494 cm³/mol. The standard InChI is InChI=1S/C52H33N3O.C37H31BO3.C21H14ClN3/c1-3-14-35(15-4-1)49-53-50(36-16-5-2-6-17-36)55-51(54-49)38-19-13-18-37(32-38)34-26-28-39(29-27-34)52(45-23-10-7-20-41(45)42-21-8-11-24-46(42)52)40-30-31-44-43-22-9-12-25-47(43)56-48(44)33-40;1-35(2)36(3,4)41-38(40-35)26-20-17-24(18-21-26)37(31-14-8-5-11-27(31)28-12-6-9-15-32(28)37)25-19-22-30-29-13-7-10-16-33(29)39-34(30)23-25;22-18-13-7-12-17(14-18)21-24-19(15-8-3-1-4-9-15)23-20(25-21)16-10-5-2-6-11-16/h1-33H;5-23H,1-4H3;1-14H. The quantitative estimate of drug-likeness (QED) is 0.109. The minimum atomic E-state index is -0.548. The average molecular weight is 1590 g/mol. The summed E-state index contributed by atoms with van der Waals surface area (Å²) in [6.07, 6.45) is 0. The van der Waals surface area contributed by atoms with Gasteiger partial charge < -0.3 is 18.1 Å². The fraction of sp³-hybridized carbons (Fsp3) is 0.0727. The van der Waals surface area contributed by atoms with E-state index in [1.165, 1.54) is 66.8 Å². The Balaban J connectivity index is 0.000000121. The summed E-state index contributed by atoms with van der Waals surface area (Å²) >= 11 is 6.14. The van der Waals surface area contributed by atoms with Crippen molar-refractivity contribution in [2.24, 2.45) is 0 Å². The van der Waals surface area contributed by atoms with Crippen molar-refractivity contribution in [3.8, 4) is 102 Å². The van der Waals surface area contributed by atoms with Crippen LogP contribution in [0.15, 0.2) is 409 Å². The fourth-order valence-corrected chi connectivity index (χ4v) is 18.3. The van der Waals surface area contributed by atoms with Crippen LogP contribution in [-0.2, 0) is 20.1 Å². The Kier molecular flexibility index (Phi) is 18.8. The van der Waals surface area contributed by atoms with E-state index in [1.807, 2.05) is 170 Å². The number of para-hydroxylation sites is 2. The average Bonchev–Trinajstić information content (AvgIpc) is 1.54. The SMILES string of the molecule is CC1(C)OB(c2ccc(C3(c4ccc5c(c4)oc4ccccc45)c4ccccc4-c4ccccc43)cc2)OC1(C)C.Clc1cccc(-c2nc(-c3ccccc3)nc(-c3ccccc3)n2)c1.c1ccc(-c2nc(-c3ccccc3)nc(-c3cccc(-c4ccc(C5(c6ccc7c(c6)oc6ccccc67)c6ccccc6-c6ccccc65)cc4)c3)n2)cc1. The largest absolute Gasteiger partial charge is 0.494 e. The van der Waals surface area contributed by atoms with Crippen molar-refractivity contribution in [2.45, 2.75) is 49.7 Å². The summed E-state index contributed by atoms with van der Waals surface area (Å²) in [6.45, 7) is 8.38. The van der Waals surface area contributed by atoms with Gasteiger partial charge >= 0.3 is 7.12 Å². The van der Waals surface area contributed by atoms with Crippen LogP contribution >= 0.6 is 11.6 Å². The topological polar surface area (TPSA) is 122 Å². The lowest BCUT2D eigenvalue weighted by atomic mass is 9.66. The molecule has 0 spiro atoms. The Labute approximate surface area is 712 Å². The van der Waals surface area contributed by atoms with Crippen molar-refractivity contribution in [1.82, 2.24) is 29.9 Å². The number of fused-ring (bicyclic) bond motifs is 12. The molecule has 122 heavy (non-hydrogen) atoms. The molecule has 582 valence electrons. The van der Waals surface area contributed by atoms with E-state index < -0.39 is 17.9 Å². The maximum Gasteiger partial charge on any atom is 0.494 e. The maximum absolute atomic E-state index is 6.48. The second-order valence-electron chi connectivity index (χ2n) is 32.3. The smallest absolute Gasteiger partial charge is 0.456 e. The van der Waals surface area contributed by atoms with Crippen LogP contribution in [0.3, 0.4) is 0 Å². The van der Waals surface area contributed by atoms with Crippen LogP contribution in [0.1, 0.15) is 72.2 Å². The van der Waals surface area contributed by atoms with E-state index in [-0.39, 0.29) is 11.2 Å². The van der Waals surface area contributed by atoms with Crippen LogP contribution in [-0.4, -0.2) is 48.2 Å². The minimum Gasteiger partial charge on any atom is -0.456 e. The Bertz CT molecular complexity index is 7140. The highest BCUT2D eigenvalue weighted by atomic mass is 35.5. The van der Waals surface area contributed by atoms with E-state index in [0.29, 0.717) is 40.0 Å². The lowest BCUT2D eigenvalue weighted by Gasteiger charge is -2.34. The second-order valence-corrected chi connectivity index (χ2v) is 32.7. The second kappa shape index (κ2) is 30.7. The molecule has 23 rings (SSSR count). The molecule has 0 radical (unpaired) electrons. The van der Waals surface area contributed by atoms with Crippen molar-refractivity contribution in [1.29, 1.82) is 0 Å². The van der Waals surface area contributed by atoms with Crippen molar-refractivity contribution >= 4 is 68.1 Å². The van der Waals surface area contributed by atoms with Crippen LogP contribution < -0.4 is 5.46 Å². The summed E-state index contributed by atoms with van der Waals surface area (Å²) in [6, 6.07) is 139. The first-order valence-corrected chi connectivity index (χ1v) is 41.6. The van der Waals surface area contributed by atoms with Gasteiger partial charge in [0.25, 0.3) is 0 Å². The van der Waals surface area contributed by atoms with Gasteiger partial charge in [-0.15, -0.1) is 0 Å². The van der Waals surface area contributed by atoms with E-state index in [4.69, 9.17) is 44.7 Å². The molecule has 0 N–H and O–H groups in total. The maximum atomic E-state index is 6.48. The first-order valence-electron chi connectivity index (χ1n) is 41.2. The number of rotatable bonds is 12. The minimum absolute atomic E-state index is 0.386. The number of hydrogen-bond donors (Lipinski definition) is 0. The molecule has 0 atom stereocenters. The van der Waals surface area contributed by atoms with Crippen LogP contribution in [0.5, 0.6) is 0 Å². The molecule has 1 fully saturated rings. The lowest BCUT2D eigenvalue weighted by Crippen LogP contribution is -2.41. The summed E-state index contributed by atoms with van der Waals surface area (Å²) in [7, 11) is -0.403. The zero-order valence-electron chi connectivity index (χ0n) is 67.4. The highest BCUT2D eigenvalue weighted by Crippen LogP contribution is 2.59. The van der Waals surface area contributed by atoms with Crippen LogP contribution in [0.25, 0.3) is 146 Å². The first-order chi connectivity index (χ1) is 59.8. The molecular formula is C110H78BClN6O4. The van der Waals surface area contributed by atoms with Gasteiger partial charge in [-0.1, -0.05) is 370 Å². The number of halogens is 1. The van der Waals surface area contributed by atoms with Crippen molar-refractivity contribution < 1.29 is 18.1 Å². The van der Waals surface area contributed by atoms with Gasteiger partial charge in [0.1, 0.15) is 22.3 Å². The summed E-state index contributed by atoms with van der Waals surface area (Å²) in [5.41, 5.74) is 25.5. The molecule has 2 aliphatic carbocycles. The van der Waals surface area contributed by atoms with Crippen molar-refractivity contribution in [3.05, 3.63) is 450 Å². The normalized spacial score (nSPS) is 14.1. The number of aromatic nitrogens is 6. The molecule has 1 aliphatic heterocycles. The molecule has 0 bridgehead atoms. The number of nitrogens with zero attached hydrogens (tertiary/aromatic N) is 6. The Morgan fingerprint density at radius 3 is 0.910 bits per heavy atom. The highest BCUT2D eigenvalue weighted by molar-refractivity contribution is 6.62. The predicted octanol–water partition coefficient (Wildman–Crippen LogP) is 26.6. The summed E-state index contributed by atoms with van der Waals surface area (Å²) < 4.78 is 25.6. The summed E-state index contributed by atoms with van der Waals surface area (Å²) in [5, 5.41) is 5.18. The van der Waals surface area contributed by atoms with Crippen LogP contribution in [0, 0.1) is 0 Å². The Morgan fingerprint density at radius 1 is 0.230 bits per heavy atom. The third-order valence-corrected chi connectivity index (χ3v) is 24.9. The van der Waals surface area contributed by atoms with Gasteiger partial charge in [0.2, 0.25) is 0 Å². The van der Waals surface area contributed by atoms with Gasteiger partial charge in [0.15, 0.2) is 34.9 Å². The molecule has 3 aliphatic rings. The molecule has 16 aromatic carbocycles. The van der Waals surface area contributed by atoms with Gasteiger partial charge in [-0.05, 0) is 154 Å². The number of benzene rings is 16. The monoisotopic (exact) mass is 1590 g/mol. The molecule has 0 amide bonds. The molecule has 0 unspecified atom stereocenters. The number of hydrogen-bond acceptors (Lipinski definition) is 10. The summed E-state index contributed by atoms with van der Waals surface area (Å²) in [4.78, 5) is 28.9. The van der Waals surface area contributed by atoms with Gasteiger partial charge in [0.05, 0.1) is 22.0 Å². The van der Waals surface area contributed by atoms with E-state index in [0.717, 1.165) is 93.8 Å². The van der Waals surface area contributed by atoms with E-state index >= 15 is 0 Å². The third kappa shape index (κ3) is 13.1. The van der Waals surface area contributed by atoms with Gasteiger partial charge in [0, 0.05) is 59.9 Å². The van der Waals surface area contributed by atoms with E-state index in [1.54, 1.807) is 0 Å². The van der Waals surface area contributed by atoms with Gasteiger partial charge in [-0.3, -0.25) is 0 Å². The van der Waals surface area contributed by atoms with Crippen molar-refractivity contribution in [2.75, 3.05) is 0 Å². The van der Waals surface area contributed by atoms with Gasteiger partial charge in [-0.25, -0.2) is 29.9 Å². The zero-order chi connectivity index (χ0) is 82.1. The molecule has 1 saturated heterocycles. The van der Waals surface area contributed by atoms with Gasteiger partial charge in [-0.2, -0.15) is 0 Å². The molecule has 12 heteroatoms. The first kappa shape index (κ1) is 74.9. The van der Waals surface area contributed by atoms with E-state index in [2.05, 4.69) is 273 Å². The summed E-state index contributed by atoms with van der Waals surface area (Å²) in [5.74, 6) is 3.82. The zero-order valence-corrected chi connectivity index (χ0v) is 68.1.